The van der Waals surface area contributed by atoms with E-state index in [-0.39, 0.29) is 6.04 Å². The van der Waals surface area contributed by atoms with Gasteiger partial charge in [0.2, 0.25) is 0 Å². The molecule has 0 radical (unpaired) electrons. The largest absolute Gasteiger partial charge is 0.374 e. The molecule has 0 fully saturated rings. The predicted octanol–water partition coefficient (Wildman–Crippen LogP) is 2.63. The Morgan fingerprint density at radius 3 is 2.93 bits per heavy atom. The molecule has 0 saturated carbocycles. The predicted molar refractivity (Wildman–Crippen MR) is 59.9 cm³/mol. The second kappa shape index (κ2) is 4.31. The van der Waals surface area contributed by atoms with Gasteiger partial charge in [0.05, 0.1) is 17.4 Å². The zero-order valence-electron chi connectivity index (χ0n) is 8.24. The molecule has 0 spiro atoms. The quantitative estimate of drug-likeness (QED) is 0.785. The van der Waals surface area contributed by atoms with Gasteiger partial charge < -0.3 is 5.32 Å². The van der Waals surface area contributed by atoms with Crippen LogP contribution < -0.4 is 5.32 Å². The fourth-order valence-electron chi connectivity index (χ4n) is 1.31. The van der Waals surface area contributed by atoms with Gasteiger partial charge in [0, 0.05) is 12.4 Å². The second-order valence-electron chi connectivity index (χ2n) is 3.22. The van der Waals surface area contributed by atoms with E-state index in [9.17, 15) is 0 Å². The van der Waals surface area contributed by atoms with Crippen molar-refractivity contribution in [3.63, 3.8) is 0 Å². The first-order valence-corrected chi connectivity index (χ1v) is 5.01. The van der Waals surface area contributed by atoms with Crippen LogP contribution in [0.2, 0.25) is 5.15 Å². The molecule has 5 heteroatoms. The SMILES string of the molecule is CC(Nc1cccnc1Cl)c1ccn[nH]1. The monoisotopic (exact) mass is 222 g/mol. The van der Waals surface area contributed by atoms with Crippen molar-refractivity contribution in [2.75, 3.05) is 5.32 Å². The first-order chi connectivity index (χ1) is 7.27. The zero-order chi connectivity index (χ0) is 10.7. The summed E-state index contributed by atoms with van der Waals surface area (Å²) in [5, 5.41) is 10.5. The smallest absolute Gasteiger partial charge is 0.152 e. The van der Waals surface area contributed by atoms with Crippen LogP contribution in [0.5, 0.6) is 0 Å². The lowest BCUT2D eigenvalue weighted by molar-refractivity contribution is 0.824. The normalized spacial score (nSPS) is 12.4. The molecule has 0 saturated heterocycles. The molecule has 0 amide bonds. The van der Waals surface area contributed by atoms with Crippen LogP contribution in [0.4, 0.5) is 5.69 Å². The van der Waals surface area contributed by atoms with Gasteiger partial charge in [-0.1, -0.05) is 11.6 Å². The van der Waals surface area contributed by atoms with Crippen LogP contribution in [-0.2, 0) is 0 Å². The van der Waals surface area contributed by atoms with Crippen LogP contribution in [0.1, 0.15) is 18.7 Å². The summed E-state index contributed by atoms with van der Waals surface area (Å²) >= 11 is 5.93. The third-order valence-corrected chi connectivity index (χ3v) is 2.42. The Balaban J connectivity index is 2.13. The maximum atomic E-state index is 5.93. The Kier molecular flexibility index (Phi) is 2.87. The molecule has 0 aliphatic rings. The average molecular weight is 223 g/mol. The molecular weight excluding hydrogens is 212 g/mol. The molecule has 2 N–H and O–H groups in total. The number of rotatable bonds is 3. The van der Waals surface area contributed by atoms with Gasteiger partial charge >= 0.3 is 0 Å². The molecule has 0 aromatic carbocycles. The summed E-state index contributed by atoms with van der Waals surface area (Å²) in [5.74, 6) is 0. The van der Waals surface area contributed by atoms with Crippen molar-refractivity contribution in [2.24, 2.45) is 0 Å². The number of aromatic nitrogens is 3. The van der Waals surface area contributed by atoms with E-state index in [1.807, 2.05) is 25.1 Å². The summed E-state index contributed by atoms with van der Waals surface area (Å²) in [6, 6.07) is 5.77. The Hall–Kier alpha value is -1.55. The van der Waals surface area contributed by atoms with E-state index in [0.29, 0.717) is 5.15 Å². The molecule has 0 bridgehead atoms. The minimum Gasteiger partial charge on any atom is -0.374 e. The number of halogens is 1. The first-order valence-electron chi connectivity index (χ1n) is 4.63. The molecular formula is C10H11ClN4. The number of nitrogens with one attached hydrogen (secondary N) is 2. The molecule has 2 aromatic heterocycles. The van der Waals surface area contributed by atoms with Gasteiger partial charge in [0.15, 0.2) is 5.15 Å². The van der Waals surface area contributed by atoms with E-state index in [0.717, 1.165) is 11.4 Å². The van der Waals surface area contributed by atoms with Crippen molar-refractivity contribution < 1.29 is 0 Å². The van der Waals surface area contributed by atoms with Crippen molar-refractivity contribution in [1.82, 2.24) is 15.2 Å². The molecule has 78 valence electrons. The van der Waals surface area contributed by atoms with Crippen LogP contribution >= 0.6 is 11.6 Å². The number of hydrogen-bond acceptors (Lipinski definition) is 3. The van der Waals surface area contributed by atoms with Crippen LogP contribution in [-0.4, -0.2) is 15.2 Å². The lowest BCUT2D eigenvalue weighted by Gasteiger charge is -2.13. The maximum absolute atomic E-state index is 5.93. The molecule has 1 unspecified atom stereocenters. The topological polar surface area (TPSA) is 53.6 Å². The van der Waals surface area contributed by atoms with E-state index >= 15 is 0 Å². The van der Waals surface area contributed by atoms with E-state index in [1.54, 1.807) is 12.4 Å². The average Bonchev–Trinajstić information content (AvgIpc) is 2.74. The number of H-pyrrole nitrogens is 1. The van der Waals surface area contributed by atoms with Gasteiger partial charge in [-0.3, -0.25) is 5.10 Å². The van der Waals surface area contributed by atoms with Gasteiger partial charge in [0.25, 0.3) is 0 Å². The van der Waals surface area contributed by atoms with E-state index in [4.69, 9.17) is 11.6 Å². The highest BCUT2D eigenvalue weighted by Gasteiger charge is 2.08. The van der Waals surface area contributed by atoms with Crippen LogP contribution in [0.15, 0.2) is 30.6 Å². The van der Waals surface area contributed by atoms with Crippen molar-refractivity contribution in [3.05, 3.63) is 41.4 Å². The number of nitrogens with zero attached hydrogens (tertiary/aromatic N) is 2. The minimum atomic E-state index is 0.120. The lowest BCUT2D eigenvalue weighted by Crippen LogP contribution is -2.07. The number of aromatic amines is 1. The van der Waals surface area contributed by atoms with Crippen molar-refractivity contribution in [2.45, 2.75) is 13.0 Å². The highest BCUT2D eigenvalue weighted by molar-refractivity contribution is 6.31. The van der Waals surface area contributed by atoms with E-state index in [1.165, 1.54) is 0 Å². The van der Waals surface area contributed by atoms with Crippen LogP contribution in [0.3, 0.4) is 0 Å². The summed E-state index contributed by atoms with van der Waals surface area (Å²) < 4.78 is 0. The van der Waals surface area contributed by atoms with Crippen molar-refractivity contribution in [3.8, 4) is 0 Å². The summed E-state index contributed by atoms with van der Waals surface area (Å²) in [6.07, 6.45) is 3.38. The number of pyridine rings is 1. The third-order valence-electron chi connectivity index (χ3n) is 2.12. The van der Waals surface area contributed by atoms with Crippen molar-refractivity contribution >= 4 is 17.3 Å². The van der Waals surface area contributed by atoms with Gasteiger partial charge in [-0.05, 0) is 25.1 Å². The van der Waals surface area contributed by atoms with E-state index in [2.05, 4.69) is 20.5 Å². The Morgan fingerprint density at radius 2 is 2.27 bits per heavy atom. The first kappa shape index (κ1) is 9.98. The Morgan fingerprint density at radius 1 is 1.40 bits per heavy atom. The highest BCUT2D eigenvalue weighted by atomic mass is 35.5. The van der Waals surface area contributed by atoms with Gasteiger partial charge in [-0.15, -0.1) is 0 Å². The molecule has 2 heterocycles. The van der Waals surface area contributed by atoms with Gasteiger partial charge in [0.1, 0.15) is 0 Å². The van der Waals surface area contributed by atoms with Crippen molar-refractivity contribution in [1.29, 1.82) is 0 Å². The second-order valence-corrected chi connectivity index (χ2v) is 3.58. The molecule has 2 aromatic rings. The third kappa shape index (κ3) is 2.27. The van der Waals surface area contributed by atoms with E-state index < -0.39 is 0 Å². The molecule has 1 atom stereocenters. The van der Waals surface area contributed by atoms with Crippen LogP contribution in [0.25, 0.3) is 0 Å². The molecule has 0 aliphatic carbocycles. The fraction of sp³-hybridized carbons (Fsp3) is 0.200. The lowest BCUT2D eigenvalue weighted by atomic mass is 10.2. The molecule has 0 aliphatic heterocycles. The number of hydrogen-bond donors (Lipinski definition) is 2. The summed E-state index contributed by atoms with van der Waals surface area (Å²) in [5.41, 5.74) is 1.83. The van der Waals surface area contributed by atoms with Crippen LogP contribution in [0, 0.1) is 0 Å². The molecule has 15 heavy (non-hydrogen) atoms. The Labute approximate surface area is 92.7 Å². The van der Waals surface area contributed by atoms with Gasteiger partial charge in [-0.25, -0.2) is 4.98 Å². The summed E-state index contributed by atoms with van der Waals surface area (Å²) in [6.45, 7) is 2.02. The molecule has 4 nitrogen and oxygen atoms in total. The minimum absolute atomic E-state index is 0.120. The Bertz CT molecular complexity index is 427. The summed E-state index contributed by atoms with van der Waals surface area (Å²) in [4.78, 5) is 3.99. The summed E-state index contributed by atoms with van der Waals surface area (Å²) in [7, 11) is 0. The maximum Gasteiger partial charge on any atom is 0.152 e. The van der Waals surface area contributed by atoms with Gasteiger partial charge in [-0.2, -0.15) is 5.10 Å². The molecule has 2 rings (SSSR count). The standard InChI is InChI=1S/C10H11ClN4/c1-7(8-4-6-13-15-8)14-9-3-2-5-12-10(9)11/h2-7,14H,1H3,(H,13,15). The zero-order valence-corrected chi connectivity index (χ0v) is 8.99. The fourth-order valence-corrected chi connectivity index (χ4v) is 1.49. The number of anilines is 1. The highest BCUT2D eigenvalue weighted by Crippen LogP contribution is 2.22.